The molecule has 26 heavy (non-hydrogen) atoms. The van der Waals surface area contributed by atoms with Crippen molar-refractivity contribution in [3.63, 3.8) is 0 Å². The fourth-order valence-electron chi connectivity index (χ4n) is 2.54. The zero-order chi connectivity index (χ0) is 18.9. The number of nitrogens with one attached hydrogen (secondary N) is 2. The van der Waals surface area contributed by atoms with E-state index in [0.29, 0.717) is 28.5 Å². The molecule has 0 atom stereocenters. The average molecular weight is 357 g/mol. The number of pyridine rings is 2. The summed E-state index contributed by atoms with van der Waals surface area (Å²) in [5.74, 6) is 0.664. The Morgan fingerprint density at radius 1 is 1.35 bits per heavy atom. The number of ether oxygens (including phenoxy) is 2. The van der Waals surface area contributed by atoms with E-state index < -0.39 is 0 Å². The van der Waals surface area contributed by atoms with E-state index in [1.165, 1.54) is 19.1 Å². The lowest BCUT2D eigenvalue weighted by Crippen LogP contribution is -2.14. The van der Waals surface area contributed by atoms with Gasteiger partial charge < -0.3 is 25.9 Å². The van der Waals surface area contributed by atoms with Crippen LogP contribution in [0, 0.1) is 5.41 Å². The molecule has 0 spiro atoms. The largest absolute Gasteiger partial charge is 0.496 e. The van der Waals surface area contributed by atoms with Gasteiger partial charge in [-0.2, -0.15) is 0 Å². The topological polar surface area (TPSA) is 106 Å². The zero-order valence-electron chi connectivity index (χ0n) is 15.6. The first-order valence-corrected chi connectivity index (χ1v) is 8.70. The first-order valence-electron chi connectivity index (χ1n) is 8.70. The van der Waals surface area contributed by atoms with Crippen LogP contribution in [0.25, 0.3) is 11.3 Å². The van der Waals surface area contributed by atoms with Gasteiger partial charge in [0.1, 0.15) is 11.4 Å². The standard InChI is InChI=1S/C15H19N5O.C4H8O/c1-9(2)19-15-11(17)6-12(20-13(15)7-16)10-8-18-5-4-14(10)21-3;1-2-4-5-3-1/h4-9,16,19H,1-3H3,(H2,17,20);1-4H2. The number of hydrogen-bond acceptors (Lipinski definition) is 7. The van der Waals surface area contributed by atoms with Gasteiger partial charge in [0.2, 0.25) is 0 Å². The van der Waals surface area contributed by atoms with E-state index in [1.54, 1.807) is 31.6 Å². The van der Waals surface area contributed by atoms with Gasteiger partial charge in [-0.15, -0.1) is 0 Å². The number of methoxy groups -OCH3 is 1. The molecule has 1 fully saturated rings. The summed E-state index contributed by atoms with van der Waals surface area (Å²) >= 11 is 0. The molecule has 2 aromatic rings. The molecule has 0 aromatic carbocycles. The van der Waals surface area contributed by atoms with Crippen molar-refractivity contribution in [2.45, 2.75) is 32.7 Å². The minimum Gasteiger partial charge on any atom is -0.496 e. The highest BCUT2D eigenvalue weighted by Gasteiger charge is 2.14. The van der Waals surface area contributed by atoms with E-state index in [9.17, 15) is 0 Å². The highest BCUT2D eigenvalue weighted by atomic mass is 16.5. The quantitative estimate of drug-likeness (QED) is 0.709. The summed E-state index contributed by atoms with van der Waals surface area (Å²) in [6, 6.07) is 3.72. The molecule has 4 N–H and O–H groups in total. The van der Waals surface area contributed by atoms with Crippen LogP contribution >= 0.6 is 0 Å². The van der Waals surface area contributed by atoms with Crippen LogP contribution in [0.1, 0.15) is 32.4 Å². The highest BCUT2D eigenvalue weighted by molar-refractivity contribution is 5.91. The van der Waals surface area contributed by atoms with Gasteiger partial charge in [0.25, 0.3) is 0 Å². The molecule has 3 rings (SSSR count). The first-order chi connectivity index (χ1) is 12.6. The van der Waals surface area contributed by atoms with Gasteiger partial charge in [-0.3, -0.25) is 4.98 Å². The third kappa shape index (κ3) is 5.16. The Labute approximate surface area is 154 Å². The fourth-order valence-corrected chi connectivity index (χ4v) is 2.54. The lowest BCUT2D eigenvalue weighted by Gasteiger charge is -2.16. The predicted octanol–water partition coefficient (Wildman–Crippen LogP) is 3.35. The Morgan fingerprint density at radius 2 is 2.08 bits per heavy atom. The van der Waals surface area contributed by atoms with Crippen molar-refractivity contribution in [2.24, 2.45) is 0 Å². The van der Waals surface area contributed by atoms with E-state index in [-0.39, 0.29) is 6.04 Å². The maximum absolute atomic E-state index is 7.55. The van der Waals surface area contributed by atoms with Gasteiger partial charge in [-0.05, 0) is 38.8 Å². The van der Waals surface area contributed by atoms with Crippen LogP contribution in [0.15, 0.2) is 24.5 Å². The van der Waals surface area contributed by atoms with Crippen LogP contribution in [-0.4, -0.2) is 42.5 Å². The second kappa shape index (κ2) is 9.72. The normalized spacial score (nSPS) is 13.1. The van der Waals surface area contributed by atoms with Gasteiger partial charge in [0.05, 0.1) is 29.7 Å². The fraction of sp³-hybridized carbons (Fsp3) is 0.421. The van der Waals surface area contributed by atoms with Crippen molar-refractivity contribution in [1.82, 2.24) is 9.97 Å². The molecule has 7 heteroatoms. The van der Waals surface area contributed by atoms with E-state index in [1.807, 2.05) is 13.8 Å². The van der Waals surface area contributed by atoms with Gasteiger partial charge in [-0.1, -0.05) is 0 Å². The monoisotopic (exact) mass is 357 g/mol. The van der Waals surface area contributed by atoms with Gasteiger partial charge in [0, 0.05) is 37.9 Å². The molecule has 0 radical (unpaired) electrons. The molecule has 0 unspecified atom stereocenters. The van der Waals surface area contributed by atoms with Crippen molar-refractivity contribution in [3.05, 3.63) is 30.2 Å². The Balaban J connectivity index is 0.000000417. The summed E-state index contributed by atoms with van der Waals surface area (Å²) < 4.78 is 10.3. The van der Waals surface area contributed by atoms with Crippen molar-refractivity contribution in [1.29, 1.82) is 5.41 Å². The molecule has 140 valence electrons. The Hall–Kier alpha value is -2.67. The Kier molecular flexibility index (Phi) is 7.35. The second-order valence-electron chi connectivity index (χ2n) is 6.20. The summed E-state index contributed by atoms with van der Waals surface area (Å²) in [4.78, 5) is 8.57. The van der Waals surface area contributed by atoms with Crippen LogP contribution in [0.3, 0.4) is 0 Å². The summed E-state index contributed by atoms with van der Waals surface area (Å²) in [5, 5.41) is 10.8. The average Bonchev–Trinajstić information content (AvgIpc) is 3.23. The maximum atomic E-state index is 7.55. The number of rotatable bonds is 5. The molecule has 7 nitrogen and oxygen atoms in total. The van der Waals surface area contributed by atoms with Gasteiger partial charge in [-0.25, -0.2) is 4.98 Å². The molecule has 1 aliphatic rings. The van der Waals surface area contributed by atoms with E-state index in [2.05, 4.69) is 15.3 Å². The van der Waals surface area contributed by atoms with E-state index >= 15 is 0 Å². The molecule has 0 aliphatic carbocycles. The SMILES string of the molecule is C1CCOC1.COc1ccncc1-c1cc(N)c(NC(C)C)c(C=N)n1. The van der Waals surface area contributed by atoms with Crippen molar-refractivity contribution < 1.29 is 9.47 Å². The molecule has 2 aromatic heterocycles. The molecular formula is C19H27N5O2. The zero-order valence-corrected chi connectivity index (χ0v) is 15.6. The molecule has 0 amide bonds. The van der Waals surface area contributed by atoms with E-state index in [0.717, 1.165) is 18.8 Å². The van der Waals surface area contributed by atoms with Crippen LogP contribution in [0.4, 0.5) is 11.4 Å². The predicted molar refractivity (Wildman–Crippen MR) is 105 cm³/mol. The molecule has 1 aliphatic heterocycles. The second-order valence-corrected chi connectivity index (χ2v) is 6.20. The lowest BCUT2D eigenvalue weighted by atomic mass is 10.1. The van der Waals surface area contributed by atoms with Crippen molar-refractivity contribution >= 4 is 17.6 Å². The minimum absolute atomic E-state index is 0.201. The number of nitrogen functional groups attached to an aromatic ring is 1. The van der Waals surface area contributed by atoms with Crippen LogP contribution in [0.5, 0.6) is 5.75 Å². The molecule has 0 bridgehead atoms. The summed E-state index contributed by atoms with van der Waals surface area (Å²) in [6.45, 7) is 6.01. The molecule has 3 heterocycles. The summed E-state index contributed by atoms with van der Waals surface area (Å²) in [7, 11) is 1.59. The van der Waals surface area contributed by atoms with E-state index in [4.69, 9.17) is 20.6 Å². The molecule has 1 saturated heterocycles. The number of nitrogens with zero attached hydrogens (tertiary/aromatic N) is 2. The molecule has 0 saturated carbocycles. The third-order valence-electron chi connectivity index (χ3n) is 3.75. The summed E-state index contributed by atoms with van der Waals surface area (Å²) in [5.41, 5.74) is 9.18. The molecular weight excluding hydrogens is 330 g/mol. The van der Waals surface area contributed by atoms with Gasteiger partial charge >= 0.3 is 0 Å². The van der Waals surface area contributed by atoms with Crippen LogP contribution < -0.4 is 15.8 Å². The van der Waals surface area contributed by atoms with Crippen molar-refractivity contribution in [3.8, 4) is 17.0 Å². The number of hydrogen-bond donors (Lipinski definition) is 3. The smallest absolute Gasteiger partial charge is 0.131 e. The van der Waals surface area contributed by atoms with Gasteiger partial charge in [0.15, 0.2) is 0 Å². The number of aromatic nitrogens is 2. The number of anilines is 2. The Bertz CT molecular complexity index is 722. The number of nitrogens with two attached hydrogens (primary N) is 1. The third-order valence-corrected chi connectivity index (χ3v) is 3.75. The first kappa shape index (κ1) is 19.7. The maximum Gasteiger partial charge on any atom is 0.131 e. The van der Waals surface area contributed by atoms with Crippen LogP contribution in [-0.2, 0) is 4.74 Å². The highest BCUT2D eigenvalue weighted by Crippen LogP contribution is 2.32. The summed E-state index contributed by atoms with van der Waals surface area (Å²) in [6.07, 6.45) is 7.06. The van der Waals surface area contributed by atoms with Crippen molar-refractivity contribution in [2.75, 3.05) is 31.4 Å². The Morgan fingerprint density at radius 3 is 2.62 bits per heavy atom. The lowest BCUT2D eigenvalue weighted by molar-refractivity contribution is 0.198. The minimum atomic E-state index is 0.201. The van der Waals surface area contributed by atoms with Crippen LogP contribution in [0.2, 0.25) is 0 Å².